The zero-order valence-corrected chi connectivity index (χ0v) is 11.5. The number of fused-ring (bicyclic) bond motifs is 1. The van der Waals surface area contributed by atoms with E-state index in [0.717, 1.165) is 12.0 Å². The van der Waals surface area contributed by atoms with Gasteiger partial charge in [0.15, 0.2) is 6.61 Å². The third kappa shape index (κ3) is 3.00. The van der Waals surface area contributed by atoms with Crippen LogP contribution in [0.2, 0.25) is 0 Å². The van der Waals surface area contributed by atoms with E-state index in [2.05, 4.69) is 5.92 Å². The van der Waals surface area contributed by atoms with E-state index in [9.17, 15) is 9.59 Å². The van der Waals surface area contributed by atoms with Crippen LogP contribution < -0.4 is 0 Å². The Labute approximate surface area is 118 Å². The lowest BCUT2D eigenvalue weighted by molar-refractivity contribution is -0.145. The van der Waals surface area contributed by atoms with Crippen LogP contribution in [0.3, 0.4) is 0 Å². The van der Waals surface area contributed by atoms with E-state index in [-0.39, 0.29) is 30.9 Å². The fraction of sp³-hybridized carbons (Fsp3) is 0.375. The van der Waals surface area contributed by atoms with Crippen molar-refractivity contribution < 1.29 is 14.3 Å². The number of terminal acetylenes is 1. The maximum atomic E-state index is 11.8. The Hall–Kier alpha value is -2.28. The highest BCUT2D eigenvalue weighted by Gasteiger charge is 2.30. The molecule has 1 heterocycles. The van der Waals surface area contributed by atoms with Crippen LogP contribution >= 0.6 is 0 Å². The fourth-order valence-electron chi connectivity index (χ4n) is 2.59. The number of amides is 1. The maximum Gasteiger partial charge on any atom is 0.309 e. The minimum absolute atomic E-state index is 0.0331. The Morgan fingerprint density at radius 1 is 1.45 bits per heavy atom. The SMILES string of the molecule is C#CCOC(=O)C[C@@H]1c2ccccc2CCN1C(C)=O. The summed E-state index contributed by atoms with van der Waals surface area (Å²) in [6.07, 6.45) is 6.02. The average molecular weight is 271 g/mol. The molecule has 0 N–H and O–H groups in total. The van der Waals surface area contributed by atoms with Crippen LogP contribution in [0.1, 0.15) is 30.5 Å². The largest absolute Gasteiger partial charge is 0.452 e. The van der Waals surface area contributed by atoms with Gasteiger partial charge in [-0.05, 0) is 17.5 Å². The van der Waals surface area contributed by atoms with Crippen molar-refractivity contribution in [1.29, 1.82) is 0 Å². The van der Waals surface area contributed by atoms with Crippen LogP contribution in [0.25, 0.3) is 0 Å². The minimum atomic E-state index is -0.379. The van der Waals surface area contributed by atoms with Gasteiger partial charge in [0.25, 0.3) is 0 Å². The number of carbonyl (C=O) groups excluding carboxylic acids is 2. The molecule has 2 rings (SSSR count). The molecule has 0 aromatic heterocycles. The summed E-state index contributed by atoms with van der Waals surface area (Å²) < 4.78 is 4.92. The van der Waals surface area contributed by atoms with Crippen LogP contribution in [0.5, 0.6) is 0 Å². The molecule has 0 saturated heterocycles. The molecule has 1 aliphatic heterocycles. The van der Waals surface area contributed by atoms with Gasteiger partial charge in [-0.25, -0.2) is 0 Å². The molecule has 104 valence electrons. The Morgan fingerprint density at radius 3 is 2.90 bits per heavy atom. The third-order valence-corrected chi connectivity index (χ3v) is 3.49. The predicted molar refractivity (Wildman–Crippen MR) is 74.7 cm³/mol. The molecular weight excluding hydrogens is 254 g/mol. The molecule has 0 aliphatic carbocycles. The van der Waals surface area contributed by atoms with Crippen LogP contribution in [-0.2, 0) is 20.7 Å². The van der Waals surface area contributed by atoms with Crippen molar-refractivity contribution in [1.82, 2.24) is 4.90 Å². The molecule has 20 heavy (non-hydrogen) atoms. The summed E-state index contributed by atoms with van der Waals surface area (Å²) in [5.41, 5.74) is 2.20. The van der Waals surface area contributed by atoms with Crippen LogP contribution in [-0.4, -0.2) is 29.9 Å². The van der Waals surface area contributed by atoms with Gasteiger partial charge in [-0.1, -0.05) is 30.2 Å². The maximum absolute atomic E-state index is 11.8. The number of ether oxygens (including phenoxy) is 1. The van der Waals surface area contributed by atoms with Gasteiger partial charge in [-0.2, -0.15) is 0 Å². The standard InChI is InChI=1S/C16H17NO3/c1-3-10-20-16(19)11-15-14-7-5-4-6-13(14)8-9-17(15)12(2)18/h1,4-7,15H,8-11H2,2H3/t15-/m1/s1. The van der Waals surface area contributed by atoms with E-state index < -0.39 is 0 Å². The molecule has 4 nitrogen and oxygen atoms in total. The summed E-state index contributed by atoms with van der Waals surface area (Å²) in [7, 11) is 0. The molecule has 1 atom stereocenters. The molecule has 0 bridgehead atoms. The first-order valence-corrected chi connectivity index (χ1v) is 6.57. The number of benzene rings is 1. The fourth-order valence-corrected chi connectivity index (χ4v) is 2.59. The van der Waals surface area contributed by atoms with Crippen molar-refractivity contribution in [3.8, 4) is 12.3 Å². The first kappa shape index (κ1) is 14.1. The number of esters is 1. The molecular formula is C16H17NO3. The van der Waals surface area contributed by atoms with E-state index >= 15 is 0 Å². The zero-order valence-electron chi connectivity index (χ0n) is 11.5. The van der Waals surface area contributed by atoms with E-state index in [4.69, 9.17) is 11.2 Å². The monoisotopic (exact) mass is 271 g/mol. The topological polar surface area (TPSA) is 46.6 Å². The molecule has 1 aliphatic rings. The number of nitrogens with zero attached hydrogens (tertiary/aromatic N) is 1. The van der Waals surface area contributed by atoms with Gasteiger partial charge in [0.1, 0.15) is 0 Å². The molecule has 1 aromatic carbocycles. The van der Waals surface area contributed by atoms with Gasteiger partial charge >= 0.3 is 5.97 Å². The molecule has 0 radical (unpaired) electrons. The van der Waals surface area contributed by atoms with Crippen molar-refractivity contribution in [2.24, 2.45) is 0 Å². The first-order chi connectivity index (χ1) is 9.63. The molecule has 1 aromatic rings. The van der Waals surface area contributed by atoms with Crippen molar-refractivity contribution in [3.63, 3.8) is 0 Å². The average Bonchev–Trinajstić information content (AvgIpc) is 2.45. The molecule has 0 saturated carbocycles. The van der Waals surface area contributed by atoms with E-state index in [1.807, 2.05) is 24.3 Å². The number of carbonyl (C=O) groups is 2. The third-order valence-electron chi connectivity index (χ3n) is 3.49. The van der Waals surface area contributed by atoms with Gasteiger partial charge in [0, 0.05) is 13.5 Å². The lowest BCUT2D eigenvalue weighted by Gasteiger charge is -2.36. The normalized spacial score (nSPS) is 17.0. The first-order valence-electron chi connectivity index (χ1n) is 6.57. The van der Waals surface area contributed by atoms with Gasteiger partial charge in [-0.3, -0.25) is 9.59 Å². The lowest BCUT2D eigenvalue weighted by atomic mass is 9.90. The minimum Gasteiger partial charge on any atom is -0.452 e. The molecule has 1 amide bonds. The van der Waals surface area contributed by atoms with Gasteiger partial charge in [-0.15, -0.1) is 6.42 Å². The highest BCUT2D eigenvalue weighted by molar-refractivity contribution is 5.77. The van der Waals surface area contributed by atoms with Crippen molar-refractivity contribution in [2.45, 2.75) is 25.8 Å². The van der Waals surface area contributed by atoms with Crippen molar-refractivity contribution in [2.75, 3.05) is 13.2 Å². The Kier molecular flexibility index (Phi) is 4.41. The molecule has 0 fully saturated rings. The summed E-state index contributed by atoms with van der Waals surface area (Å²) in [5, 5.41) is 0. The Morgan fingerprint density at radius 2 is 2.20 bits per heavy atom. The quantitative estimate of drug-likeness (QED) is 0.621. The molecule has 0 spiro atoms. The van der Waals surface area contributed by atoms with Gasteiger partial charge in [0.2, 0.25) is 5.91 Å². The smallest absolute Gasteiger partial charge is 0.309 e. The number of rotatable bonds is 3. The second kappa shape index (κ2) is 6.25. The Bertz CT molecular complexity index is 559. The zero-order chi connectivity index (χ0) is 14.5. The summed E-state index contributed by atoms with van der Waals surface area (Å²) in [6, 6.07) is 7.62. The highest BCUT2D eigenvalue weighted by atomic mass is 16.5. The van der Waals surface area contributed by atoms with Crippen LogP contribution in [0, 0.1) is 12.3 Å². The van der Waals surface area contributed by atoms with E-state index in [1.54, 1.807) is 4.90 Å². The van der Waals surface area contributed by atoms with Gasteiger partial charge in [0.05, 0.1) is 12.5 Å². The lowest BCUT2D eigenvalue weighted by Crippen LogP contribution is -2.39. The van der Waals surface area contributed by atoms with Crippen molar-refractivity contribution >= 4 is 11.9 Å². The number of hydrogen-bond acceptors (Lipinski definition) is 3. The van der Waals surface area contributed by atoms with Gasteiger partial charge < -0.3 is 9.64 Å². The van der Waals surface area contributed by atoms with E-state index in [1.165, 1.54) is 12.5 Å². The second-order valence-electron chi connectivity index (χ2n) is 4.75. The van der Waals surface area contributed by atoms with Crippen LogP contribution in [0.4, 0.5) is 0 Å². The van der Waals surface area contributed by atoms with E-state index in [0.29, 0.717) is 6.54 Å². The second-order valence-corrected chi connectivity index (χ2v) is 4.75. The predicted octanol–water partition coefficient (Wildman–Crippen LogP) is 1.70. The Balaban J connectivity index is 2.23. The summed E-state index contributed by atoms with van der Waals surface area (Å²) >= 11 is 0. The highest BCUT2D eigenvalue weighted by Crippen LogP contribution is 2.32. The molecule has 0 unspecified atom stereocenters. The van der Waals surface area contributed by atoms with Crippen molar-refractivity contribution in [3.05, 3.63) is 35.4 Å². The summed E-state index contributed by atoms with van der Waals surface area (Å²) in [6.45, 7) is 2.11. The summed E-state index contributed by atoms with van der Waals surface area (Å²) in [5.74, 6) is 1.85. The number of hydrogen-bond donors (Lipinski definition) is 0. The summed E-state index contributed by atoms with van der Waals surface area (Å²) in [4.78, 5) is 25.3. The van der Waals surface area contributed by atoms with Crippen LogP contribution in [0.15, 0.2) is 24.3 Å². The molecule has 4 heteroatoms.